The molecule has 0 aliphatic carbocycles. The topological polar surface area (TPSA) is 159 Å². The minimum absolute atomic E-state index is 0.0601. The van der Waals surface area contributed by atoms with Gasteiger partial charge >= 0.3 is 0 Å². The van der Waals surface area contributed by atoms with Gasteiger partial charge in [-0.1, -0.05) is 24.3 Å². The number of phenolic OH excluding ortho intramolecular Hbond substituents is 5. The van der Waals surface area contributed by atoms with Crippen molar-refractivity contribution in [2.75, 3.05) is 6.54 Å². The molecule has 1 unspecified atom stereocenters. The molecule has 7 N–H and O–H groups in total. The predicted molar refractivity (Wildman–Crippen MR) is 128 cm³/mol. The van der Waals surface area contributed by atoms with E-state index in [0.717, 1.165) is 11.1 Å². The van der Waals surface area contributed by atoms with Crippen molar-refractivity contribution in [2.45, 2.75) is 32.2 Å². The zero-order valence-electron chi connectivity index (χ0n) is 19.2. The van der Waals surface area contributed by atoms with Gasteiger partial charge in [-0.3, -0.25) is 9.59 Å². The van der Waals surface area contributed by atoms with Gasteiger partial charge in [0.05, 0.1) is 6.42 Å². The first kappa shape index (κ1) is 25.2. The van der Waals surface area contributed by atoms with Crippen LogP contribution in [-0.2, 0) is 28.9 Å². The highest BCUT2D eigenvalue weighted by Crippen LogP contribution is 2.26. The number of hydrogen-bond donors (Lipinski definition) is 7. The van der Waals surface area contributed by atoms with Crippen molar-refractivity contribution < 1.29 is 35.1 Å². The minimum atomic E-state index is -0.973. The molecule has 3 aromatic rings. The van der Waals surface area contributed by atoms with Crippen LogP contribution in [0.3, 0.4) is 0 Å². The van der Waals surface area contributed by atoms with Gasteiger partial charge < -0.3 is 36.2 Å². The molecule has 3 rings (SSSR count). The van der Waals surface area contributed by atoms with Gasteiger partial charge in [0.2, 0.25) is 11.8 Å². The maximum Gasteiger partial charge on any atom is 0.242 e. The number of amides is 2. The molecule has 0 radical (unpaired) electrons. The Hall–Kier alpha value is -4.40. The Morgan fingerprint density at radius 1 is 0.743 bits per heavy atom. The van der Waals surface area contributed by atoms with Crippen molar-refractivity contribution in [1.82, 2.24) is 10.6 Å². The first-order valence-electron chi connectivity index (χ1n) is 11.0. The first-order chi connectivity index (χ1) is 16.6. The van der Waals surface area contributed by atoms with Gasteiger partial charge in [0, 0.05) is 13.0 Å². The van der Waals surface area contributed by atoms with Crippen LogP contribution < -0.4 is 10.6 Å². The highest BCUT2D eigenvalue weighted by molar-refractivity contribution is 5.88. The van der Waals surface area contributed by atoms with Crippen LogP contribution >= 0.6 is 0 Å². The number of carbonyl (C=O) groups is 2. The van der Waals surface area contributed by atoms with Crippen LogP contribution in [0.25, 0.3) is 0 Å². The third-order valence-corrected chi connectivity index (χ3v) is 5.51. The van der Waals surface area contributed by atoms with E-state index in [-0.39, 0.29) is 41.6 Å². The van der Waals surface area contributed by atoms with Gasteiger partial charge in [-0.25, -0.2) is 0 Å². The molecule has 0 aliphatic rings. The number of benzene rings is 3. The molecular weight excluding hydrogens is 452 g/mol. The Labute approximate surface area is 202 Å². The van der Waals surface area contributed by atoms with Crippen LogP contribution in [0.15, 0.2) is 54.6 Å². The zero-order chi connectivity index (χ0) is 25.5. The third-order valence-electron chi connectivity index (χ3n) is 5.51. The van der Waals surface area contributed by atoms with Crippen molar-refractivity contribution in [2.24, 2.45) is 0 Å². The number of aryl methyl sites for hydroxylation is 1. The zero-order valence-corrected chi connectivity index (χ0v) is 19.2. The van der Waals surface area contributed by atoms with E-state index in [9.17, 15) is 35.1 Å². The Morgan fingerprint density at radius 2 is 1.31 bits per heavy atom. The number of nitrogens with one attached hydrogen (secondary N) is 2. The number of hydrogen-bond acceptors (Lipinski definition) is 7. The monoisotopic (exact) mass is 480 g/mol. The largest absolute Gasteiger partial charge is 0.508 e. The van der Waals surface area contributed by atoms with Gasteiger partial charge in [0.25, 0.3) is 0 Å². The second kappa shape index (κ2) is 11.1. The van der Waals surface area contributed by atoms with Crippen molar-refractivity contribution in [3.63, 3.8) is 0 Å². The molecule has 3 aromatic carbocycles. The summed E-state index contributed by atoms with van der Waals surface area (Å²) in [4.78, 5) is 25.6. The van der Waals surface area contributed by atoms with Gasteiger partial charge in [-0.05, 0) is 65.9 Å². The highest BCUT2D eigenvalue weighted by Gasteiger charge is 2.22. The molecular formula is C26H28N2O7. The van der Waals surface area contributed by atoms with E-state index < -0.39 is 17.9 Å². The van der Waals surface area contributed by atoms with Crippen molar-refractivity contribution >= 4 is 11.8 Å². The summed E-state index contributed by atoms with van der Waals surface area (Å²) in [6.45, 7) is 2.08. The summed E-state index contributed by atoms with van der Waals surface area (Å²) < 4.78 is 0. The van der Waals surface area contributed by atoms with Crippen molar-refractivity contribution in [1.29, 1.82) is 0 Å². The highest BCUT2D eigenvalue weighted by atomic mass is 16.3. The van der Waals surface area contributed by atoms with Gasteiger partial charge in [-0.2, -0.15) is 0 Å². The summed E-state index contributed by atoms with van der Waals surface area (Å²) >= 11 is 0. The fraction of sp³-hybridized carbons (Fsp3) is 0.231. The summed E-state index contributed by atoms with van der Waals surface area (Å²) in [7, 11) is 0. The van der Waals surface area contributed by atoms with Gasteiger partial charge in [-0.15, -0.1) is 0 Å². The van der Waals surface area contributed by atoms with Crippen molar-refractivity contribution in [3.05, 3.63) is 76.9 Å². The second-order valence-corrected chi connectivity index (χ2v) is 8.31. The van der Waals surface area contributed by atoms with E-state index in [1.165, 1.54) is 30.3 Å². The van der Waals surface area contributed by atoms with Crippen LogP contribution in [0.4, 0.5) is 0 Å². The first-order valence-corrected chi connectivity index (χ1v) is 11.0. The lowest BCUT2D eigenvalue weighted by molar-refractivity contribution is -0.128. The summed E-state index contributed by atoms with van der Waals surface area (Å²) in [5.74, 6) is -2.01. The van der Waals surface area contributed by atoms with Crippen LogP contribution in [0.5, 0.6) is 28.7 Å². The fourth-order valence-electron chi connectivity index (χ4n) is 3.58. The number of phenols is 5. The molecule has 0 bridgehead atoms. The van der Waals surface area contributed by atoms with Gasteiger partial charge in [0.15, 0.2) is 23.0 Å². The average molecular weight is 481 g/mol. The number of rotatable bonds is 9. The summed E-state index contributed by atoms with van der Waals surface area (Å²) in [5.41, 5.74) is 2.63. The molecule has 0 spiro atoms. The lowest BCUT2D eigenvalue weighted by Crippen LogP contribution is -2.48. The summed E-state index contributed by atoms with van der Waals surface area (Å²) in [6.07, 6.45) is 0.441. The van der Waals surface area contributed by atoms with E-state index in [1.807, 2.05) is 6.07 Å². The molecule has 9 heteroatoms. The normalized spacial score (nSPS) is 11.6. The molecule has 0 saturated carbocycles. The van der Waals surface area contributed by atoms with Crippen LogP contribution in [0, 0.1) is 6.92 Å². The van der Waals surface area contributed by atoms with Crippen LogP contribution in [-0.4, -0.2) is 49.9 Å². The smallest absolute Gasteiger partial charge is 0.242 e. The molecule has 35 heavy (non-hydrogen) atoms. The maximum absolute atomic E-state index is 12.9. The Balaban J connectivity index is 1.68. The number of aromatic hydroxyl groups is 5. The second-order valence-electron chi connectivity index (χ2n) is 8.31. The standard InChI is InChI=1S/C26H28N2O7/c1-15-10-16(2-5-20(15)29)8-9-27-26(35)19(11-17-3-6-21(30)23(32)12-17)28-25(34)14-18-4-7-22(31)24(33)13-18/h2-7,10,12-13,19,29-33H,8-9,11,14H2,1H3,(H,27,35)(H,28,34). The third kappa shape index (κ3) is 7.04. The van der Waals surface area contributed by atoms with Crippen molar-refractivity contribution in [3.8, 4) is 28.7 Å². The predicted octanol–water partition coefficient (Wildman–Crippen LogP) is 2.15. The molecule has 1 atom stereocenters. The van der Waals surface area contributed by atoms with Crippen LogP contribution in [0.1, 0.15) is 22.3 Å². The molecule has 184 valence electrons. The summed E-state index contributed by atoms with van der Waals surface area (Å²) in [6, 6.07) is 12.4. The van der Waals surface area contributed by atoms with Gasteiger partial charge in [0.1, 0.15) is 11.8 Å². The molecule has 0 saturated heterocycles. The number of carbonyl (C=O) groups excluding carboxylic acids is 2. The summed E-state index contributed by atoms with van der Waals surface area (Å²) in [5, 5.41) is 53.5. The Bertz CT molecular complexity index is 1230. The SMILES string of the molecule is Cc1cc(CCNC(=O)C(Cc2ccc(O)c(O)c2)NC(=O)Cc2ccc(O)c(O)c2)ccc1O. The molecule has 0 aliphatic heterocycles. The maximum atomic E-state index is 12.9. The lowest BCUT2D eigenvalue weighted by atomic mass is 10.0. The Kier molecular flexibility index (Phi) is 8.04. The molecule has 2 amide bonds. The van der Waals surface area contributed by atoms with E-state index >= 15 is 0 Å². The van der Waals surface area contributed by atoms with Crippen LogP contribution in [0.2, 0.25) is 0 Å². The Morgan fingerprint density at radius 3 is 1.94 bits per heavy atom. The fourth-order valence-corrected chi connectivity index (χ4v) is 3.58. The molecule has 0 aromatic heterocycles. The van der Waals surface area contributed by atoms with E-state index in [4.69, 9.17) is 0 Å². The minimum Gasteiger partial charge on any atom is -0.508 e. The molecule has 0 heterocycles. The van der Waals surface area contributed by atoms with E-state index in [0.29, 0.717) is 24.1 Å². The molecule has 9 nitrogen and oxygen atoms in total. The van der Waals surface area contributed by atoms with E-state index in [1.54, 1.807) is 25.1 Å². The average Bonchev–Trinajstić information content (AvgIpc) is 2.80. The quantitative estimate of drug-likeness (QED) is 0.231. The lowest BCUT2D eigenvalue weighted by Gasteiger charge is -2.19. The van der Waals surface area contributed by atoms with E-state index in [2.05, 4.69) is 10.6 Å². The molecule has 0 fully saturated rings.